The van der Waals surface area contributed by atoms with Crippen molar-refractivity contribution in [3.05, 3.63) is 53.6 Å². The number of nitrogens with zero attached hydrogens (tertiary/aromatic N) is 1. The molecule has 0 saturated carbocycles. The Labute approximate surface area is 131 Å². The number of ether oxygens (including phenoxy) is 1. The Bertz CT molecular complexity index is 672. The molecule has 1 aliphatic heterocycles. The molecule has 2 aromatic rings. The minimum Gasteiger partial charge on any atom is -0.504 e. The topological polar surface area (TPSA) is 58.7 Å². The molecular formula is C18H22N2O2. The summed E-state index contributed by atoms with van der Waals surface area (Å²) in [6.45, 7) is 2.70. The Hall–Kier alpha value is -2.20. The van der Waals surface area contributed by atoms with Crippen molar-refractivity contribution in [2.75, 3.05) is 18.6 Å². The van der Waals surface area contributed by atoms with Gasteiger partial charge in [-0.15, -0.1) is 0 Å². The van der Waals surface area contributed by atoms with Gasteiger partial charge in [0.1, 0.15) is 0 Å². The average molecular weight is 298 g/mol. The fourth-order valence-corrected chi connectivity index (χ4v) is 3.39. The molecule has 116 valence electrons. The first kappa shape index (κ1) is 14.7. The Morgan fingerprint density at radius 1 is 1.32 bits per heavy atom. The molecule has 0 aliphatic carbocycles. The lowest BCUT2D eigenvalue weighted by molar-refractivity contribution is 0.372. The molecule has 1 aliphatic rings. The van der Waals surface area contributed by atoms with E-state index in [1.807, 2.05) is 6.07 Å². The van der Waals surface area contributed by atoms with E-state index in [4.69, 9.17) is 10.5 Å². The molecule has 0 radical (unpaired) electrons. The number of phenolic OH excluding ortho intramolecular Hbond substituents is 1. The number of anilines is 1. The largest absolute Gasteiger partial charge is 0.504 e. The number of fused-ring (bicyclic) bond motifs is 1. The van der Waals surface area contributed by atoms with E-state index in [0.29, 0.717) is 18.3 Å². The van der Waals surface area contributed by atoms with E-state index in [1.54, 1.807) is 19.2 Å². The third-order valence-corrected chi connectivity index (χ3v) is 4.41. The summed E-state index contributed by atoms with van der Waals surface area (Å²) >= 11 is 0. The minimum absolute atomic E-state index is 0.0375. The van der Waals surface area contributed by atoms with Crippen LogP contribution in [0.5, 0.6) is 11.5 Å². The Morgan fingerprint density at radius 2 is 2.09 bits per heavy atom. The fraction of sp³-hybridized carbons (Fsp3) is 0.333. The third-order valence-electron chi connectivity index (χ3n) is 4.41. The molecule has 0 amide bonds. The molecule has 3 rings (SSSR count). The normalized spacial score (nSPS) is 18.1. The van der Waals surface area contributed by atoms with Crippen LogP contribution in [0.3, 0.4) is 0 Å². The van der Waals surface area contributed by atoms with Crippen molar-refractivity contribution < 1.29 is 9.84 Å². The highest BCUT2D eigenvalue weighted by atomic mass is 16.5. The lowest BCUT2D eigenvalue weighted by atomic mass is 10.0. The predicted molar refractivity (Wildman–Crippen MR) is 88.5 cm³/mol. The number of methoxy groups -OCH3 is 1. The zero-order valence-electron chi connectivity index (χ0n) is 13.0. The van der Waals surface area contributed by atoms with E-state index >= 15 is 0 Å². The molecule has 2 atom stereocenters. The second-order valence-corrected chi connectivity index (χ2v) is 5.77. The maximum absolute atomic E-state index is 10.1. The number of aromatic hydroxyl groups is 1. The molecule has 0 spiro atoms. The van der Waals surface area contributed by atoms with E-state index in [1.165, 1.54) is 11.3 Å². The lowest BCUT2D eigenvalue weighted by Gasteiger charge is -2.34. The van der Waals surface area contributed by atoms with Crippen LogP contribution >= 0.6 is 0 Å². The third kappa shape index (κ3) is 2.40. The van der Waals surface area contributed by atoms with Crippen LogP contribution in [0, 0.1) is 0 Å². The summed E-state index contributed by atoms with van der Waals surface area (Å²) in [5, 5.41) is 10.1. The van der Waals surface area contributed by atoms with Crippen molar-refractivity contribution in [2.45, 2.75) is 25.4 Å². The fourth-order valence-electron chi connectivity index (χ4n) is 3.39. The monoisotopic (exact) mass is 298 g/mol. The molecule has 3 N–H and O–H groups in total. The van der Waals surface area contributed by atoms with Gasteiger partial charge in [0, 0.05) is 18.3 Å². The number of para-hydroxylation sites is 1. The van der Waals surface area contributed by atoms with Gasteiger partial charge in [-0.3, -0.25) is 0 Å². The van der Waals surface area contributed by atoms with Gasteiger partial charge in [-0.05, 0) is 42.7 Å². The van der Waals surface area contributed by atoms with Gasteiger partial charge in [-0.25, -0.2) is 0 Å². The van der Waals surface area contributed by atoms with E-state index in [9.17, 15) is 5.11 Å². The Balaban J connectivity index is 1.99. The summed E-state index contributed by atoms with van der Waals surface area (Å²) in [6, 6.07) is 14.4. The predicted octanol–water partition coefficient (Wildman–Crippen LogP) is 2.85. The van der Waals surface area contributed by atoms with Gasteiger partial charge in [-0.2, -0.15) is 0 Å². The smallest absolute Gasteiger partial charge is 0.160 e. The van der Waals surface area contributed by atoms with Crippen molar-refractivity contribution >= 4 is 5.69 Å². The molecular weight excluding hydrogens is 276 g/mol. The summed E-state index contributed by atoms with van der Waals surface area (Å²) in [5.41, 5.74) is 9.66. The summed E-state index contributed by atoms with van der Waals surface area (Å²) < 4.78 is 5.12. The summed E-state index contributed by atoms with van der Waals surface area (Å²) in [6.07, 6.45) is 1.02. The number of nitrogens with two attached hydrogens (primary N) is 1. The van der Waals surface area contributed by atoms with Crippen LogP contribution < -0.4 is 15.4 Å². The standard InChI is InChI=1S/C18H22N2O2/c1-12-9-13-5-3-4-6-15(13)20(12)16(11-19)14-7-8-18(22-2)17(21)10-14/h3-8,10,12,16,21H,9,11,19H2,1-2H3. The van der Waals surface area contributed by atoms with Gasteiger partial charge in [0.2, 0.25) is 0 Å². The number of benzene rings is 2. The maximum atomic E-state index is 10.1. The van der Waals surface area contributed by atoms with E-state index < -0.39 is 0 Å². The maximum Gasteiger partial charge on any atom is 0.160 e. The van der Waals surface area contributed by atoms with E-state index in [0.717, 1.165) is 12.0 Å². The average Bonchev–Trinajstić information content (AvgIpc) is 2.85. The van der Waals surface area contributed by atoms with Crippen LogP contribution in [0.4, 0.5) is 5.69 Å². The second kappa shape index (κ2) is 5.89. The van der Waals surface area contributed by atoms with Crippen molar-refractivity contribution in [1.29, 1.82) is 0 Å². The molecule has 2 aromatic carbocycles. The van der Waals surface area contributed by atoms with Crippen molar-refractivity contribution in [2.24, 2.45) is 5.73 Å². The first-order valence-electron chi connectivity index (χ1n) is 7.59. The molecule has 4 nitrogen and oxygen atoms in total. The van der Waals surface area contributed by atoms with Crippen molar-refractivity contribution in [3.8, 4) is 11.5 Å². The molecule has 0 fully saturated rings. The molecule has 2 unspecified atom stereocenters. The minimum atomic E-state index is 0.0375. The first-order valence-corrected chi connectivity index (χ1v) is 7.59. The highest BCUT2D eigenvalue weighted by Gasteiger charge is 2.31. The quantitative estimate of drug-likeness (QED) is 0.911. The summed E-state index contributed by atoms with van der Waals surface area (Å²) in [7, 11) is 1.55. The summed E-state index contributed by atoms with van der Waals surface area (Å²) in [5.74, 6) is 0.632. The van der Waals surface area contributed by atoms with Crippen LogP contribution in [-0.2, 0) is 6.42 Å². The Morgan fingerprint density at radius 3 is 2.77 bits per heavy atom. The van der Waals surface area contributed by atoms with E-state index in [-0.39, 0.29) is 11.8 Å². The molecule has 0 bridgehead atoms. The van der Waals surface area contributed by atoms with Gasteiger partial charge in [-0.1, -0.05) is 24.3 Å². The van der Waals surface area contributed by atoms with Crippen molar-refractivity contribution in [3.63, 3.8) is 0 Å². The van der Waals surface area contributed by atoms with Crippen LogP contribution in [0.2, 0.25) is 0 Å². The van der Waals surface area contributed by atoms with Gasteiger partial charge in [0.15, 0.2) is 11.5 Å². The highest BCUT2D eigenvalue weighted by molar-refractivity contribution is 5.61. The van der Waals surface area contributed by atoms with Crippen LogP contribution in [0.15, 0.2) is 42.5 Å². The zero-order chi connectivity index (χ0) is 15.7. The van der Waals surface area contributed by atoms with Crippen LogP contribution in [-0.4, -0.2) is 24.8 Å². The van der Waals surface area contributed by atoms with Crippen LogP contribution in [0.1, 0.15) is 24.1 Å². The zero-order valence-corrected chi connectivity index (χ0v) is 13.0. The van der Waals surface area contributed by atoms with Gasteiger partial charge < -0.3 is 20.5 Å². The number of phenols is 1. The highest BCUT2D eigenvalue weighted by Crippen LogP contribution is 2.39. The summed E-state index contributed by atoms with van der Waals surface area (Å²) in [4.78, 5) is 2.36. The number of rotatable bonds is 4. The molecule has 22 heavy (non-hydrogen) atoms. The molecule has 0 saturated heterocycles. The van der Waals surface area contributed by atoms with Gasteiger partial charge in [0.25, 0.3) is 0 Å². The second-order valence-electron chi connectivity index (χ2n) is 5.77. The lowest BCUT2D eigenvalue weighted by Crippen LogP contribution is -2.37. The van der Waals surface area contributed by atoms with Crippen LogP contribution in [0.25, 0.3) is 0 Å². The van der Waals surface area contributed by atoms with Gasteiger partial charge in [0.05, 0.1) is 13.2 Å². The molecule has 0 aromatic heterocycles. The van der Waals surface area contributed by atoms with Gasteiger partial charge >= 0.3 is 0 Å². The number of hydrogen-bond acceptors (Lipinski definition) is 4. The number of hydrogen-bond donors (Lipinski definition) is 2. The first-order chi connectivity index (χ1) is 10.7. The SMILES string of the molecule is COc1ccc(C(CN)N2c3ccccc3CC2C)cc1O. The molecule has 4 heteroatoms. The molecule has 1 heterocycles. The van der Waals surface area contributed by atoms with E-state index in [2.05, 4.69) is 36.1 Å². The van der Waals surface area contributed by atoms with Crippen molar-refractivity contribution in [1.82, 2.24) is 0 Å². The Kier molecular flexibility index (Phi) is 3.94.